The van der Waals surface area contributed by atoms with Crippen molar-refractivity contribution >= 4 is 10.0 Å². The third-order valence-electron chi connectivity index (χ3n) is 3.67. The number of halogens is 1. The molecule has 1 heterocycles. The van der Waals surface area contributed by atoms with E-state index >= 15 is 0 Å². The lowest BCUT2D eigenvalue weighted by atomic mass is 10.2. The molecule has 2 aromatic carbocycles. The molecule has 3 rings (SSSR count). The van der Waals surface area contributed by atoms with Crippen molar-refractivity contribution in [3.63, 3.8) is 0 Å². The van der Waals surface area contributed by atoms with Gasteiger partial charge in [-0.15, -0.1) is 0 Å². The highest BCUT2D eigenvalue weighted by Crippen LogP contribution is 2.27. The van der Waals surface area contributed by atoms with Crippen LogP contribution in [0.1, 0.15) is 11.5 Å². The number of ether oxygens (including phenoxy) is 1. The van der Waals surface area contributed by atoms with Gasteiger partial charge in [0, 0.05) is 0 Å². The summed E-state index contributed by atoms with van der Waals surface area (Å²) in [6.07, 6.45) is 0. The second-order valence-corrected chi connectivity index (χ2v) is 7.21. The Morgan fingerprint density at radius 2 is 2.00 bits per heavy atom. The summed E-state index contributed by atoms with van der Waals surface area (Å²) in [5.74, 6) is 0.479. The van der Waals surface area contributed by atoms with Crippen LogP contribution in [0.2, 0.25) is 0 Å². The van der Waals surface area contributed by atoms with Crippen LogP contribution in [0.4, 0.5) is 4.39 Å². The summed E-state index contributed by atoms with van der Waals surface area (Å²) in [5.41, 5.74) is 0.867. The van der Waals surface area contributed by atoms with Gasteiger partial charge in [-0.05, 0) is 42.8 Å². The maximum atomic E-state index is 13.3. The fraction of sp³-hybridized carbons (Fsp3) is 0.176. The van der Waals surface area contributed by atoms with Gasteiger partial charge in [0.2, 0.25) is 21.7 Å². The smallest absolute Gasteiger partial charge is 0.242 e. The molecule has 0 aliphatic heterocycles. The van der Waals surface area contributed by atoms with Gasteiger partial charge in [-0.25, -0.2) is 17.5 Å². The molecule has 0 saturated heterocycles. The maximum Gasteiger partial charge on any atom is 0.242 e. The topological polar surface area (TPSA) is 94.3 Å². The SMILES string of the molecule is COc1ccccc1-c1noc(CNS(=O)(=O)c2ccc(F)c(C)c2)n1. The quantitative estimate of drug-likeness (QED) is 0.710. The van der Waals surface area contributed by atoms with Gasteiger partial charge in [-0.3, -0.25) is 0 Å². The van der Waals surface area contributed by atoms with Crippen molar-refractivity contribution in [2.75, 3.05) is 7.11 Å². The van der Waals surface area contributed by atoms with Crippen LogP contribution in [0, 0.1) is 12.7 Å². The molecule has 0 unspecified atom stereocenters. The molecule has 7 nitrogen and oxygen atoms in total. The van der Waals surface area contributed by atoms with Crippen LogP contribution < -0.4 is 9.46 Å². The minimum atomic E-state index is -3.84. The molecule has 0 aliphatic carbocycles. The van der Waals surface area contributed by atoms with E-state index in [0.29, 0.717) is 11.3 Å². The van der Waals surface area contributed by atoms with Crippen LogP contribution in [0.25, 0.3) is 11.4 Å². The molecular formula is C17H16FN3O4S. The van der Waals surface area contributed by atoms with Crippen molar-refractivity contribution in [1.82, 2.24) is 14.9 Å². The Labute approximate surface area is 149 Å². The lowest BCUT2D eigenvalue weighted by Crippen LogP contribution is -2.23. The van der Waals surface area contributed by atoms with E-state index in [1.54, 1.807) is 18.2 Å². The van der Waals surface area contributed by atoms with Crippen molar-refractivity contribution < 1.29 is 22.1 Å². The Hall–Kier alpha value is -2.78. The fourth-order valence-corrected chi connectivity index (χ4v) is 3.35. The lowest BCUT2D eigenvalue weighted by molar-refractivity contribution is 0.375. The van der Waals surface area contributed by atoms with E-state index in [1.807, 2.05) is 6.07 Å². The fourth-order valence-electron chi connectivity index (χ4n) is 2.29. The van der Waals surface area contributed by atoms with E-state index in [2.05, 4.69) is 14.9 Å². The van der Waals surface area contributed by atoms with E-state index in [1.165, 1.54) is 26.2 Å². The minimum Gasteiger partial charge on any atom is -0.496 e. The summed E-state index contributed by atoms with van der Waals surface area (Å²) < 4.78 is 50.6. The van der Waals surface area contributed by atoms with E-state index < -0.39 is 15.8 Å². The van der Waals surface area contributed by atoms with Crippen LogP contribution >= 0.6 is 0 Å². The zero-order valence-corrected chi connectivity index (χ0v) is 14.9. The first kappa shape index (κ1) is 18.0. The van der Waals surface area contributed by atoms with Crippen LogP contribution in [0.5, 0.6) is 5.75 Å². The van der Waals surface area contributed by atoms with E-state index in [4.69, 9.17) is 9.26 Å². The van der Waals surface area contributed by atoms with Crippen LogP contribution in [-0.2, 0) is 16.6 Å². The van der Waals surface area contributed by atoms with Gasteiger partial charge >= 0.3 is 0 Å². The van der Waals surface area contributed by atoms with Crippen LogP contribution in [0.15, 0.2) is 51.9 Å². The summed E-state index contributed by atoms with van der Waals surface area (Å²) in [5, 5.41) is 3.84. The Morgan fingerprint density at radius 3 is 2.73 bits per heavy atom. The summed E-state index contributed by atoms with van der Waals surface area (Å²) in [6.45, 7) is 1.30. The highest BCUT2D eigenvalue weighted by Gasteiger charge is 2.18. The number of aromatic nitrogens is 2. The van der Waals surface area contributed by atoms with E-state index in [0.717, 1.165) is 6.07 Å². The molecule has 1 aromatic heterocycles. The van der Waals surface area contributed by atoms with E-state index in [9.17, 15) is 12.8 Å². The van der Waals surface area contributed by atoms with Crippen LogP contribution in [-0.4, -0.2) is 25.7 Å². The molecule has 0 radical (unpaired) electrons. The zero-order chi connectivity index (χ0) is 18.7. The molecule has 136 valence electrons. The number of nitrogens with zero attached hydrogens (tertiary/aromatic N) is 2. The second kappa shape index (κ2) is 7.22. The monoisotopic (exact) mass is 377 g/mol. The number of rotatable bonds is 6. The molecule has 0 atom stereocenters. The van der Waals surface area contributed by atoms with Gasteiger partial charge in [0.15, 0.2) is 0 Å². The van der Waals surface area contributed by atoms with Gasteiger partial charge < -0.3 is 9.26 Å². The first-order valence-electron chi connectivity index (χ1n) is 7.62. The largest absolute Gasteiger partial charge is 0.496 e. The Bertz CT molecular complexity index is 1030. The maximum absolute atomic E-state index is 13.3. The van der Waals surface area contributed by atoms with Gasteiger partial charge in [-0.1, -0.05) is 17.3 Å². The molecule has 0 fully saturated rings. The number of para-hydroxylation sites is 1. The van der Waals surface area contributed by atoms with Crippen molar-refractivity contribution in [2.24, 2.45) is 0 Å². The van der Waals surface area contributed by atoms with E-state index in [-0.39, 0.29) is 28.7 Å². The number of sulfonamides is 1. The number of hydrogen-bond donors (Lipinski definition) is 1. The van der Waals surface area contributed by atoms with Crippen LogP contribution in [0.3, 0.4) is 0 Å². The molecule has 0 amide bonds. The highest BCUT2D eigenvalue weighted by molar-refractivity contribution is 7.89. The number of hydrogen-bond acceptors (Lipinski definition) is 6. The second-order valence-electron chi connectivity index (χ2n) is 5.45. The number of aryl methyl sites for hydroxylation is 1. The highest BCUT2D eigenvalue weighted by atomic mass is 32.2. The van der Waals surface area contributed by atoms with Gasteiger partial charge in [-0.2, -0.15) is 4.98 Å². The molecule has 0 saturated carbocycles. The van der Waals surface area contributed by atoms with Crippen molar-refractivity contribution in [3.8, 4) is 17.1 Å². The predicted molar refractivity (Wildman–Crippen MR) is 91.4 cm³/mol. The summed E-state index contributed by atoms with van der Waals surface area (Å²) in [4.78, 5) is 4.13. The molecule has 9 heteroatoms. The molecule has 0 aliphatic rings. The normalized spacial score (nSPS) is 11.5. The molecule has 3 aromatic rings. The average molecular weight is 377 g/mol. The van der Waals surface area contributed by atoms with Gasteiger partial charge in [0.1, 0.15) is 11.6 Å². The van der Waals surface area contributed by atoms with Crippen molar-refractivity contribution in [3.05, 3.63) is 59.7 Å². The molecule has 0 bridgehead atoms. The Balaban J connectivity index is 1.76. The van der Waals surface area contributed by atoms with Crippen molar-refractivity contribution in [2.45, 2.75) is 18.4 Å². The number of nitrogens with one attached hydrogen (secondary N) is 1. The Kier molecular flexibility index (Phi) is 5.01. The molecule has 0 spiro atoms. The van der Waals surface area contributed by atoms with Gasteiger partial charge in [0.25, 0.3) is 0 Å². The molecule has 1 N–H and O–H groups in total. The summed E-state index contributed by atoms with van der Waals surface area (Å²) in [6, 6.07) is 10.7. The third kappa shape index (κ3) is 3.73. The third-order valence-corrected chi connectivity index (χ3v) is 5.07. The minimum absolute atomic E-state index is 0.0409. The lowest BCUT2D eigenvalue weighted by Gasteiger charge is -2.06. The van der Waals surface area contributed by atoms with Crippen molar-refractivity contribution in [1.29, 1.82) is 0 Å². The first-order chi connectivity index (χ1) is 12.4. The number of benzene rings is 2. The summed E-state index contributed by atoms with van der Waals surface area (Å²) in [7, 11) is -2.31. The average Bonchev–Trinajstić information content (AvgIpc) is 3.11. The Morgan fingerprint density at radius 1 is 1.23 bits per heavy atom. The van der Waals surface area contributed by atoms with Gasteiger partial charge in [0.05, 0.1) is 24.1 Å². The standard InChI is InChI=1S/C17H16FN3O4S/c1-11-9-12(7-8-14(11)18)26(22,23)19-10-16-20-17(21-25-16)13-5-3-4-6-15(13)24-2/h3-9,19H,10H2,1-2H3. The number of methoxy groups -OCH3 is 1. The molecular weight excluding hydrogens is 361 g/mol. The first-order valence-corrected chi connectivity index (χ1v) is 9.11. The summed E-state index contributed by atoms with van der Waals surface area (Å²) >= 11 is 0. The zero-order valence-electron chi connectivity index (χ0n) is 14.1. The molecule has 26 heavy (non-hydrogen) atoms. The predicted octanol–water partition coefficient (Wildman–Crippen LogP) is 2.67.